The molecular weight excluding hydrogens is 216 g/mol. The highest BCUT2D eigenvalue weighted by Gasteiger charge is 2.15. The molecule has 1 aromatic rings. The predicted molar refractivity (Wildman–Crippen MR) is 65.1 cm³/mol. The molecule has 0 heterocycles. The van der Waals surface area contributed by atoms with E-state index < -0.39 is 5.97 Å². The van der Waals surface area contributed by atoms with Gasteiger partial charge >= 0.3 is 5.97 Å². The second-order valence-corrected chi connectivity index (χ2v) is 3.89. The molecule has 0 aliphatic heterocycles. The van der Waals surface area contributed by atoms with E-state index in [1.54, 1.807) is 6.07 Å². The van der Waals surface area contributed by atoms with Crippen LogP contribution in [0.15, 0.2) is 42.5 Å². The van der Waals surface area contributed by atoms with Crippen molar-refractivity contribution in [3.63, 3.8) is 0 Å². The molecular formula is C14H14O3. The lowest BCUT2D eigenvalue weighted by molar-refractivity contribution is 0.0597. The lowest BCUT2D eigenvalue weighted by atomic mass is 9.93. The third-order valence-electron chi connectivity index (χ3n) is 2.77. The molecule has 1 aliphatic rings. The first-order chi connectivity index (χ1) is 8.22. The molecule has 1 aromatic carbocycles. The minimum atomic E-state index is -0.520. The Bertz CT molecular complexity index is 474. The largest absolute Gasteiger partial charge is 0.507 e. The molecule has 1 N–H and O–H groups in total. The van der Waals surface area contributed by atoms with Gasteiger partial charge in [0.25, 0.3) is 0 Å². The molecule has 0 aromatic heterocycles. The number of allylic oxidation sites excluding steroid dienone is 4. The fraction of sp³-hybridized carbons (Fsp3) is 0.214. The van der Waals surface area contributed by atoms with E-state index in [1.807, 2.05) is 6.07 Å². The smallest absolute Gasteiger partial charge is 0.341 e. The monoisotopic (exact) mass is 230 g/mol. The number of esters is 1. The van der Waals surface area contributed by atoms with Crippen LogP contribution in [0.25, 0.3) is 0 Å². The number of aromatic hydroxyl groups is 1. The van der Waals surface area contributed by atoms with Crippen molar-refractivity contribution in [3.8, 4) is 5.75 Å². The molecule has 0 fully saturated rings. The van der Waals surface area contributed by atoms with Gasteiger partial charge in [-0.15, -0.1) is 0 Å². The maximum Gasteiger partial charge on any atom is 0.341 e. The number of phenols is 1. The number of phenolic OH excluding ortho intramolecular Hbond substituents is 1. The van der Waals surface area contributed by atoms with Crippen molar-refractivity contribution < 1.29 is 14.6 Å². The topological polar surface area (TPSA) is 46.5 Å². The van der Waals surface area contributed by atoms with E-state index in [0.29, 0.717) is 0 Å². The average Bonchev–Trinajstić information content (AvgIpc) is 2.39. The standard InChI is InChI=1S/C14H14O3/c1-17-14(16)12-9-11(7-8-13(12)15)10-5-3-2-4-6-10/h3-10,15H,2H2,1H3. The van der Waals surface area contributed by atoms with Crippen LogP contribution in [0.5, 0.6) is 5.75 Å². The van der Waals surface area contributed by atoms with Gasteiger partial charge in [-0.25, -0.2) is 4.79 Å². The number of methoxy groups -OCH3 is 1. The van der Waals surface area contributed by atoms with Crippen LogP contribution in [-0.4, -0.2) is 18.2 Å². The van der Waals surface area contributed by atoms with E-state index in [-0.39, 0.29) is 17.2 Å². The molecule has 3 heteroatoms. The summed E-state index contributed by atoms with van der Waals surface area (Å²) in [5.74, 6) is -0.412. The number of hydrogen-bond donors (Lipinski definition) is 1. The number of hydrogen-bond acceptors (Lipinski definition) is 3. The molecule has 0 saturated carbocycles. The normalized spacial score (nSPS) is 14.9. The number of carbonyl (C=O) groups is 1. The summed E-state index contributed by atoms with van der Waals surface area (Å²) in [5, 5.41) is 9.60. The zero-order chi connectivity index (χ0) is 12.3. The van der Waals surface area contributed by atoms with Crippen molar-refractivity contribution in [3.05, 3.63) is 53.6 Å². The Morgan fingerprint density at radius 2 is 2.06 bits per heavy atom. The summed E-state index contributed by atoms with van der Waals surface area (Å²) in [5.41, 5.74) is 1.17. The van der Waals surface area contributed by atoms with E-state index in [4.69, 9.17) is 0 Å². The average molecular weight is 230 g/mol. The first kappa shape index (κ1) is 11.5. The van der Waals surface area contributed by atoms with Gasteiger partial charge in [0.2, 0.25) is 0 Å². The molecule has 17 heavy (non-hydrogen) atoms. The van der Waals surface area contributed by atoms with Gasteiger partial charge in [-0.05, 0) is 24.1 Å². The fourth-order valence-electron chi connectivity index (χ4n) is 1.85. The van der Waals surface area contributed by atoms with Crippen molar-refractivity contribution >= 4 is 5.97 Å². The first-order valence-electron chi connectivity index (χ1n) is 5.47. The highest BCUT2D eigenvalue weighted by Crippen LogP contribution is 2.27. The van der Waals surface area contributed by atoms with Gasteiger partial charge in [0.15, 0.2) is 0 Å². The number of ether oxygens (including phenoxy) is 1. The lowest BCUT2D eigenvalue weighted by Crippen LogP contribution is -2.03. The van der Waals surface area contributed by atoms with Crippen molar-refractivity contribution in [2.75, 3.05) is 7.11 Å². The summed E-state index contributed by atoms with van der Waals surface area (Å²) in [4.78, 5) is 11.5. The van der Waals surface area contributed by atoms with E-state index in [9.17, 15) is 9.90 Å². The van der Waals surface area contributed by atoms with Gasteiger partial charge in [-0.2, -0.15) is 0 Å². The van der Waals surface area contributed by atoms with E-state index in [1.165, 1.54) is 13.2 Å². The third-order valence-corrected chi connectivity index (χ3v) is 2.77. The highest BCUT2D eigenvalue weighted by atomic mass is 16.5. The zero-order valence-corrected chi connectivity index (χ0v) is 9.59. The summed E-state index contributed by atoms with van der Waals surface area (Å²) < 4.78 is 4.62. The fourth-order valence-corrected chi connectivity index (χ4v) is 1.85. The van der Waals surface area contributed by atoms with Crippen LogP contribution in [-0.2, 0) is 4.74 Å². The van der Waals surface area contributed by atoms with Crippen LogP contribution < -0.4 is 0 Å². The van der Waals surface area contributed by atoms with Gasteiger partial charge < -0.3 is 9.84 Å². The zero-order valence-electron chi connectivity index (χ0n) is 9.59. The molecule has 0 unspecified atom stereocenters. The Hall–Kier alpha value is -2.03. The molecule has 0 amide bonds. The third kappa shape index (κ3) is 2.38. The molecule has 0 radical (unpaired) electrons. The van der Waals surface area contributed by atoms with E-state index in [0.717, 1.165) is 12.0 Å². The van der Waals surface area contributed by atoms with Crippen LogP contribution in [0.1, 0.15) is 28.3 Å². The predicted octanol–water partition coefficient (Wildman–Crippen LogP) is 2.78. The molecule has 0 spiro atoms. The first-order valence-corrected chi connectivity index (χ1v) is 5.47. The number of rotatable bonds is 2. The Labute approximate surface area is 100 Å². The van der Waals surface area contributed by atoms with Crippen LogP contribution in [0.2, 0.25) is 0 Å². The number of carbonyl (C=O) groups excluding carboxylic acids is 1. The van der Waals surface area contributed by atoms with Gasteiger partial charge in [0, 0.05) is 5.92 Å². The summed E-state index contributed by atoms with van der Waals surface area (Å²) in [7, 11) is 1.30. The lowest BCUT2D eigenvalue weighted by Gasteiger charge is -2.13. The van der Waals surface area contributed by atoms with Crippen LogP contribution >= 0.6 is 0 Å². The molecule has 3 nitrogen and oxygen atoms in total. The Morgan fingerprint density at radius 1 is 1.35 bits per heavy atom. The molecule has 1 aliphatic carbocycles. The van der Waals surface area contributed by atoms with Gasteiger partial charge in [0.1, 0.15) is 11.3 Å². The minimum absolute atomic E-state index is 0.0515. The van der Waals surface area contributed by atoms with Gasteiger partial charge in [-0.3, -0.25) is 0 Å². The Balaban J connectivity index is 2.36. The Kier molecular flexibility index (Phi) is 3.28. The molecule has 2 rings (SSSR count). The van der Waals surface area contributed by atoms with Crippen molar-refractivity contribution in [1.82, 2.24) is 0 Å². The van der Waals surface area contributed by atoms with Crippen LogP contribution in [0.3, 0.4) is 0 Å². The van der Waals surface area contributed by atoms with E-state index in [2.05, 4.69) is 29.0 Å². The summed E-state index contributed by atoms with van der Waals surface area (Å²) >= 11 is 0. The summed E-state index contributed by atoms with van der Waals surface area (Å²) in [6.45, 7) is 0. The number of benzene rings is 1. The quantitative estimate of drug-likeness (QED) is 0.627. The van der Waals surface area contributed by atoms with E-state index >= 15 is 0 Å². The van der Waals surface area contributed by atoms with Crippen molar-refractivity contribution in [2.45, 2.75) is 12.3 Å². The molecule has 88 valence electrons. The summed E-state index contributed by atoms with van der Waals surface area (Å²) in [6.07, 6.45) is 9.25. The second kappa shape index (κ2) is 4.87. The second-order valence-electron chi connectivity index (χ2n) is 3.89. The van der Waals surface area contributed by atoms with Gasteiger partial charge in [0.05, 0.1) is 7.11 Å². The minimum Gasteiger partial charge on any atom is -0.507 e. The Morgan fingerprint density at radius 3 is 2.71 bits per heavy atom. The van der Waals surface area contributed by atoms with Crippen LogP contribution in [0.4, 0.5) is 0 Å². The molecule has 0 atom stereocenters. The van der Waals surface area contributed by atoms with Crippen LogP contribution in [0, 0.1) is 0 Å². The molecule has 0 bridgehead atoms. The SMILES string of the molecule is COC(=O)c1cc(C2C=CCC=C2)ccc1O. The van der Waals surface area contributed by atoms with Crippen molar-refractivity contribution in [1.29, 1.82) is 0 Å². The molecule has 0 saturated heterocycles. The highest BCUT2D eigenvalue weighted by molar-refractivity contribution is 5.92. The summed E-state index contributed by atoms with van der Waals surface area (Å²) in [6, 6.07) is 5.01. The maximum atomic E-state index is 11.5. The van der Waals surface area contributed by atoms with Crippen molar-refractivity contribution in [2.24, 2.45) is 0 Å². The maximum absolute atomic E-state index is 11.5. The van der Waals surface area contributed by atoms with Gasteiger partial charge in [-0.1, -0.05) is 30.4 Å².